The zero-order valence-corrected chi connectivity index (χ0v) is 15.6. The number of imidazole rings is 1. The van der Waals surface area contributed by atoms with E-state index in [1.807, 2.05) is 54.5 Å². The second-order valence-electron chi connectivity index (χ2n) is 6.84. The van der Waals surface area contributed by atoms with E-state index in [2.05, 4.69) is 19.7 Å². The molecule has 0 bridgehead atoms. The highest BCUT2D eigenvalue weighted by atomic mass is 16.5. The number of rotatable bonds is 6. The first-order valence-electron chi connectivity index (χ1n) is 9.08. The maximum Gasteiger partial charge on any atom is 0.224 e. The minimum Gasteiger partial charge on any atom is -0.383 e. The number of carbonyl (C=O) groups excluding carboxylic acids is 1. The van der Waals surface area contributed by atoms with Crippen molar-refractivity contribution in [2.75, 3.05) is 26.8 Å². The lowest BCUT2D eigenvalue weighted by Crippen LogP contribution is -2.29. The topological polar surface area (TPSA) is 76.0 Å². The number of aromatic nitrogens is 4. The van der Waals surface area contributed by atoms with Crippen molar-refractivity contribution in [3.8, 4) is 22.6 Å². The molecule has 2 aromatic heterocycles. The molecule has 3 heterocycles. The molecule has 1 amide bonds. The molecule has 1 aliphatic rings. The molecule has 1 aromatic carbocycles. The summed E-state index contributed by atoms with van der Waals surface area (Å²) in [7, 11) is 1.65. The summed E-state index contributed by atoms with van der Waals surface area (Å²) in [5, 5.41) is 7.47. The van der Waals surface area contributed by atoms with Crippen molar-refractivity contribution in [3.05, 3.63) is 48.4 Å². The van der Waals surface area contributed by atoms with E-state index < -0.39 is 0 Å². The summed E-state index contributed by atoms with van der Waals surface area (Å²) < 4.78 is 7.22. The monoisotopic (exact) mass is 365 g/mol. The highest BCUT2D eigenvalue weighted by Gasteiger charge is 2.33. The number of amides is 1. The lowest BCUT2D eigenvalue weighted by atomic mass is 10.1. The van der Waals surface area contributed by atoms with E-state index in [1.54, 1.807) is 7.11 Å². The van der Waals surface area contributed by atoms with E-state index in [0.29, 0.717) is 26.1 Å². The zero-order chi connectivity index (χ0) is 18.8. The summed E-state index contributed by atoms with van der Waals surface area (Å²) in [6.45, 7) is 3.79. The number of carbonyl (C=O) groups is 1. The van der Waals surface area contributed by atoms with E-state index in [0.717, 1.165) is 28.3 Å². The Bertz CT molecular complexity index is 931. The van der Waals surface area contributed by atoms with Crippen LogP contribution in [0.1, 0.15) is 18.2 Å². The third-order valence-electron chi connectivity index (χ3n) is 4.94. The summed E-state index contributed by atoms with van der Waals surface area (Å²) in [5.41, 5.74) is 4.68. The van der Waals surface area contributed by atoms with Crippen LogP contribution in [0.5, 0.6) is 0 Å². The van der Waals surface area contributed by atoms with Gasteiger partial charge in [-0.3, -0.25) is 9.89 Å². The molecule has 3 aromatic rings. The van der Waals surface area contributed by atoms with E-state index in [1.165, 1.54) is 0 Å². The summed E-state index contributed by atoms with van der Waals surface area (Å²) in [5.74, 6) is 0.149. The van der Waals surface area contributed by atoms with Gasteiger partial charge in [0.1, 0.15) is 5.69 Å². The third-order valence-corrected chi connectivity index (χ3v) is 4.94. The van der Waals surface area contributed by atoms with Crippen molar-refractivity contribution >= 4 is 5.91 Å². The van der Waals surface area contributed by atoms with Crippen LogP contribution >= 0.6 is 0 Å². The number of nitrogens with one attached hydrogen (secondary N) is 1. The van der Waals surface area contributed by atoms with Gasteiger partial charge in [-0.1, -0.05) is 30.3 Å². The molecule has 1 fully saturated rings. The molecule has 0 saturated carbocycles. The minimum absolute atomic E-state index is 0.0336. The quantitative estimate of drug-likeness (QED) is 0.729. The van der Waals surface area contributed by atoms with Gasteiger partial charge in [0.25, 0.3) is 0 Å². The van der Waals surface area contributed by atoms with Crippen molar-refractivity contribution in [2.45, 2.75) is 19.4 Å². The average molecular weight is 365 g/mol. The molecule has 140 valence electrons. The van der Waals surface area contributed by atoms with Crippen LogP contribution in [0.4, 0.5) is 0 Å². The van der Waals surface area contributed by atoms with Crippen molar-refractivity contribution in [1.82, 2.24) is 24.6 Å². The third kappa shape index (κ3) is 3.38. The summed E-state index contributed by atoms with van der Waals surface area (Å²) in [6, 6.07) is 12.1. The van der Waals surface area contributed by atoms with E-state index >= 15 is 0 Å². The molecular weight excluding hydrogens is 342 g/mol. The number of aromatic amines is 1. The van der Waals surface area contributed by atoms with Gasteiger partial charge in [0.2, 0.25) is 5.91 Å². The SMILES string of the molecule is COCCN1C[C@H](n2cnc(-c3ccccc3)c2-c2cc(C)[nH]n2)CC1=O. The zero-order valence-electron chi connectivity index (χ0n) is 15.6. The van der Waals surface area contributed by atoms with Crippen LogP contribution in [0, 0.1) is 6.92 Å². The van der Waals surface area contributed by atoms with Gasteiger partial charge >= 0.3 is 0 Å². The predicted molar refractivity (Wildman–Crippen MR) is 102 cm³/mol. The van der Waals surface area contributed by atoms with Crippen LogP contribution in [-0.2, 0) is 9.53 Å². The standard InChI is InChI=1S/C20H23N5O2/c1-14-10-17(23-22-14)20-19(15-6-4-3-5-7-15)21-13-25(20)16-11-18(26)24(12-16)8-9-27-2/h3-7,10,13,16H,8-9,11-12H2,1-2H3,(H,22,23)/t16-/m1/s1. The van der Waals surface area contributed by atoms with Crippen molar-refractivity contribution in [3.63, 3.8) is 0 Å². The van der Waals surface area contributed by atoms with Gasteiger partial charge in [0.05, 0.1) is 30.4 Å². The predicted octanol–water partition coefficient (Wildman–Crippen LogP) is 2.67. The number of aryl methyl sites for hydroxylation is 1. The van der Waals surface area contributed by atoms with Gasteiger partial charge in [0, 0.05) is 37.9 Å². The van der Waals surface area contributed by atoms with Crippen molar-refractivity contribution in [1.29, 1.82) is 0 Å². The molecule has 1 saturated heterocycles. The Hall–Kier alpha value is -2.93. The van der Waals surface area contributed by atoms with Gasteiger partial charge in [0.15, 0.2) is 0 Å². The van der Waals surface area contributed by atoms with E-state index in [-0.39, 0.29) is 11.9 Å². The molecule has 0 spiro atoms. The average Bonchev–Trinajstić information content (AvgIpc) is 3.38. The Morgan fingerprint density at radius 1 is 1.30 bits per heavy atom. The normalized spacial score (nSPS) is 17.0. The number of H-pyrrole nitrogens is 1. The van der Waals surface area contributed by atoms with Gasteiger partial charge < -0.3 is 14.2 Å². The minimum atomic E-state index is 0.0336. The lowest BCUT2D eigenvalue weighted by molar-refractivity contribution is -0.128. The largest absolute Gasteiger partial charge is 0.383 e. The van der Waals surface area contributed by atoms with Gasteiger partial charge in [-0.25, -0.2) is 4.98 Å². The molecule has 7 nitrogen and oxygen atoms in total. The first-order valence-corrected chi connectivity index (χ1v) is 9.08. The second-order valence-corrected chi connectivity index (χ2v) is 6.84. The molecular formula is C20H23N5O2. The fraction of sp³-hybridized carbons (Fsp3) is 0.350. The maximum absolute atomic E-state index is 12.4. The van der Waals surface area contributed by atoms with Gasteiger partial charge in [-0.05, 0) is 13.0 Å². The first-order chi connectivity index (χ1) is 13.2. The van der Waals surface area contributed by atoms with Crippen molar-refractivity contribution < 1.29 is 9.53 Å². The number of likely N-dealkylation sites (tertiary alicyclic amines) is 1. The van der Waals surface area contributed by atoms with Gasteiger partial charge in [-0.2, -0.15) is 5.10 Å². The highest BCUT2D eigenvalue weighted by molar-refractivity contribution is 5.80. The van der Waals surface area contributed by atoms with E-state index in [9.17, 15) is 4.79 Å². The Balaban J connectivity index is 1.73. The second kappa shape index (κ2) is 7.36. The van der Waals surface area contributed by atoms with Crippen LogP contribution in [0.3, 0.4) is 0 Å². The number of hydrogen-bond acceptors (Lipinski definition) is 4. The molecule has 27 heavy (non-hydrogen) atoms. The molecule has 1 aliphatic heterocycles. The van der Waals surface area contributed by atoms with Crippen LogP contribution in [-0.4, -0.2) is 57.4 Å². The lowest BCUT2D eigenvalue weighted by Gasteiger charge is -2.18. The molecule has 0 aliphatic carbocycles. The summed E-state index contributed by atoms with van der Waals surface area (Å²) in [6.07, 6.45) is 2.30. The Labute approximate surface area is 158 Å². The summed E-state index contributed by atoms with van der Waals surface area (Å²) >= 11 is 0. The smallest absolute Gasteiger partial charge is 0.224 e. The number of nitrogens with zero attached hydrogens (tertiary/aromatic N) is 4. The Kier molecular flexibility index (Phi) is 4.77. The van der Waals surface area contributed by atoms with Crippen LogP contribution in [0.15, 0.2) is 42.7 Å². The Morgan fingerprint density at radius 3 is 2.81 bits per heavy atom. The highest BCUT2D eigenvalue weighted by Crippen LogP contribution is 2.35. The van der Waals surface area contributed by atoms with Crippen LogP contribution in [0.25, 0.3) is 22.6 Å². The van der Waals surface area contributed by atoms with Gasteiger partial charge in [-0.15, -0.1) is 0 Å². The molecule has 4 rings (SSSR count). The molecule has 7 heteroatoms. The number of benzene rings is 1. The van der Waals surface area contributed by atoms with E-state index in [4.69, 9.17) is 4.74 Å². The molecule has 1 N–H and O–H groups in total. The maximum atomic E-state index is 12.4. The first kappa shape index (κ1) is 17.5. The van der Waals surface area contributed by atoms with Crippen molar-refractivity contribution in [2.24, 2.45) is 0 Å². The number of methoxy groups -OCH3 is 1. The Morgan fingerprint density at radius 2 is 2.11 bits per heavy atom. The molecule has 1 atom stereocenters. The van der Waals surface area contributed by atoms with Crippen LogP contribution in [0.2, 0.25) is 0 Å². The summed E-state index contributed by atoms with van der Waals surface area (Å²) in [4.78, 5) is 18.9. The number of ether oxygens (including phenoxy) is 1. The van der Waals surface area contributed by atoms with Crippen LogP contribution < -0.4 is 0 Å². The molecule has 0 radical (unpaired) electrons. The fourth-order valence-electron chi connectivity index (χ4n) is 3.59. The number of hydrogen-bond donors (Lipinski definition) is 1. The molecule has 0 unspecified atom stereocenters. The fourth-order valence-corrected chi connectivity index (χ4v) is 3.59.